The Morgan fingerprint density at radius 3 is 3.16 bits per heavy atom. The Bertz CT molecular complexity index is 524. The summed E-state index contributed by atoms with van der Waals surface area (Å²) in [5.74, 6) is 1.49. The number of aromatic amines is 1. The average Bonchev–Trinajstić information content (AvgIpc) is 3.06. The smallest absolute Gasteiger partial charge is 0.230 e. The minimum Gasteiger partial charge on any atom is -0.461 e. The van der Waals surface area contributed by atoms with E-state index in [9.17, 15) is 4.79 Å². The predicted molar refractivity (Wildman–Crippen MR) is 72.7 cm³/mol. The molecule has 0 saturated carbocycles. The third-order valence-corrected chi connectivity index (χ3v) is 3.42. The van der Waals surface area contributed by atoms with E-state index in [0.29, 0.717) is 22.5 Å². The van der Waals surface area contributed by atoms with Gasteiger partial charge in [-0.1, -0.05) is 18.7 Å². The van der Waals surface area contributed by atoms with Crippen molar-refractivity contribution in [3.63, 3.8) is 0 Å². The molecule has 0 aliphatic carbocycles. The first-order valence-electron chi connectivity index (χ1n) is 6.07. The van der Waals surface area contributed by atoms with Crippen molar-refractivity contribution in [3.8, 4) is 11.6 Å². The van der Waals surface area contributed by atoms with Gasteiger partial charge in [-0.3, -0.25) is 9.89 Å². The maximum Gasteiger partial charge on any atom is 0.230 e. The molecule has 0 aliphatic rings. The highest BCUT2D eigenvalue weighted by Crippen LogP contribution is 2.19. The van der Waals surface area contributed by atoms with Gasteiger partial charge in [0.15, 0.2) is 11.6 Å². The van der Waals surface area contributed by atoms with E-state index >= 15 is 0 Å². The molecule has 0 radical (unpaired) electrons. The number of nitrogens with one attached hydrogen (secondary N) is 2. The number of H-pyrrole nitrogens is 1. The van der Waals surface area contributed by atoms with Crippen LogP contribution in [0.15, 0.2) is 28.0 Å². The van der Waals surface area contributed by atoms with Crippen LogP contribution in [0.2, 0.25) is 0 Å². The molecular formula is C12H16N4O2S. The molecule has 2 heterocycles. The fourth-order valence-electron chi connectivity index (χ4n) is 1.38. The van der Waals surface area contributed by atoms with E-state index in [1.165, 1.54) is 11.8 Å². The number of aromatic nitrogens is 3. The first-order chi connectivity index (χ1) is 9.19. The zero-order valence-corrected chi connectivity index (χ0v) is 11.7. The SMILES string of the molecule is CCC(C)NC(=O)CSc1n[nH]c(-c2ccco2)n1. The molecule has 1 atom stereocenters. The molecule has 19 heavy (non-hydrogen) atoms. The van der Waals surface area contributed by atoms with Crippen molar-refractivity contribution in [2.75, 3.05) is 5.75 Å². The lowest BCUT2D eigenvalue weighted by molar-refractivity contribution is -0.119. The molecule has 6 nitrogen and oxygen atoms in total. The number of nitrogens with zero attached hydrogens (tertiary/aromatic N) is 2. The lowest BCUT2D eigenvalue weighted by Gasteiger charge is -2.09. The topological polar surface area (TPSA) is 83.8 Å². The van der Waals surface area contributed by atoms with Crippen molar-refractivity contribution in [2.45, 2.75) is 31.5 Å². The quantitative estimate of drug-likeness (QED) is 0.791. The maximum atomic E-state index is 11.6. The van der Waals surface area contributed by atoms with Crippen LogP contribution in [0.3, 0.4) is 0 Å². The molecule has 102 valence electrons. The van der Waals surface area contributed by atoms with E-state index in [0.717, 1.165) is 6.42 Å². The fraction of sp³-hybridized carbons (Fsp3) is 0.417. The molecule has 0 saturated heterocycles. The van der Waals surface area contributed by atoms with E-state index in [-0.39, 0.29) is 11.9 Å². The van der Waals surface area contributed by atoms with Gasteiger partial charge >= 0.3 is 0 Å². The number of rotatable bonds is 6. The van der Waals surface area contributed by atoms with Gasteiger partial charge in [0.25, 0.3) is 0 Å². The molecule has 0 bridgehead atoms. The summed E-state index contributed by atoms with van der Waals surface area (Å²) in [7, 11) is 0. The van der Waals surface area contributed by atoms with Gasteiger partial charge in [0, 0.05) is 6.04 Å². The number of carbonyl (C=O) groups excluding carboxylic acids is 1. The summed E-state index contributed by atoms with van der Waals surface area (Å²) in [5, 5.41) is 10.2. The van der Waals surface area contributed by atoms with Gasteiger partial charge in [0.2, 0.25) is 11.1 Å². The maximum absolute atomic E-state index is 11.6. The Labute approximate surface area is 115 Å². The van der Waals surface area contributed by atoms with Crippen LogP contribution in [0.25, 0.3) is 11.6 Å². The standard InChI is InChI=1S/C12H16N4O2S/c1-3-8(2)13-10(17)7-19-12-14-11(15-16-12)9-5-4-6-18-9/h4-6,8H,3,7H2,1-2H3,(H,13,17)(H,14,15,16). The van der Waals surface area contributed by atoms with Crippen molar-refractivity contribution in [1.29, 1.82) is 0 Å². The molecule has 2 rings (SSSR count). The van der Waals surface area contributed by atoms with Gasteiger partial charge in [-0.15, -0.1) is 5.10 Å². The predicted octanol–water partition coefficient (Wildman–Crippen LogP) is 2.07. The van der Waals surface area contributed by atoms with Gasteiger partial charge < -0.3 is 9.73 Å². The summed E-state index contributed by atoms with van der Waals surface area (Å²) >= 11 is 1.29. The van der Waals surface area contributed by atoms with Gasteiger partial charge in [0.1, 0.15) is 0 Å². The minimum atomic E-state index is -0.0105. The van der Waals surface area contributed by atoms with Crippen LogP contribution >= 0.6 is 11.8 Å². The molecule has 7 heteroatoms. The first kappa shape index (κ1) is 13.7. The van der Waals surface area contributed by atoms with Crippen LogP contribution in [0.1, 0.15) is 20.3 Å². The van der Waals surface area contributed by atoms with Crippen LogP contribution in [-0.4, -0.2) is 32.9 Å². The van der Waals surface area contributed by atoms with Gasteiger partial charge in [-0.25, -0.2) is 0 Å². The van der Waals surface area contributed by atoms with Crippen LogP contribution < -0.4 is 5.32 Å². The zero-order chi connectivity index (χ0) is 13.7. The summed E-state index contributed by atoms with van der Waals surface area (Å²) in [6.07, 6.45) is 2.49. The van der Waals surface area contributed by atoms with Crippen molar-refractivity contribution < 1.29 is 9.21 Å². The molecule has 0 aliphatic heterocycles. The van der Waals surface area contributed by atoms with Crippen LogP contribution in [0.5, 0.6) is 0 Å². The number of hydrogen-bond acceptors (Lipinski definition) is 5. The number of hydrogen-bond donors (Lipinski definition) is 2. The number of thioether (sulfide) groups is 1. The number of furan rings is 1. The molecule has 1 amide bonds. The molecule has 0 aromatic carbocycles. The monoisotopic (exact) mass is 280 g/mol. The Kier molecular flexibility index (Phi) is 4.62. The summed E-state index contributed by atoms with van der Waals surface area (Å²) < 4.78 is 5.20. The molecule has 2 N–H and O–H groups in total. The molecule has 0 spiro atoms. The Morgan fingerprint density at radius 2 is 2.47 bits per heavy atom. The van der Waals surface area contributed by atoms with E-state index in [1.54, 1.807) is 18.4 Å². The summed E-state index contributed by atoms with van der Waals surface area (Å²) in [5.41, 5.74) is 0. The molecular weight excluding hydrogens is 264 g/mol. The van der Waals surface area contributed by atoms with E-state index in [4.69, 9.17) is 4.42 Å². The highest BCUT2D eigenvalue weighted by Gasteiger charge is 2.11. The Balaban J connectivity index is 1.85. The second-order valence-corrected chi connectivity index (χ2v) is 5.05. The number of amides is 1. The second-order valence-electron chi connectivity index (χ2n) is 4.11. The highest BCUT2D eigenvalue weighted by atomic mass is 32.2. The largest absolute Gasteiger partial charge is 0.461 e. The third kappa shape index (κ3) is 3.85. The number of carbonyl (C=O) groups is 1. The Hall–Kier alpha value is -1.76. The molecule has 2 aromatic rings. The highest BCUT2D eigenvalue weighted by molar-refractivity contribution is 7.99. The van der Waals surface area contributed by atoms with Crippen LogP contribution in [-0.2, 0) is 4.79 Å². The van der Waals surface area contributed by atoms with E-state index in [2.05, 4.69) is 20.5 Å². The summed E-state index contributed by atoms with van der Waals surface area (Å²) in [6.45, 7) is 4.01. The molecule has 0 fully saturated rings. The second kappa shape index (κ2) is 6.42. The van der Waals surface area contributed by atoms with Gasteiger partial charge in [-0.05, 0) is 25.5 Å². The summed E-state index contributed by atoms with van der Waals surface area (Å²) in [4.78, 5) is 15.9. The van der Waals surface area contributed by atoms with Crippen LogP contribution in [0.4, 0.5) is 0 Å². The fourth-order valence-corrected chi connectivity index (χ4v) is 1.99. The molecule has 1 unspecified atom stereocenters. The van der Waals surface area contributed by atoms with E-state index < -0.39 is 0 Å². The van der Waals surface area contributed by atoms with Crippen LogP contribution in [0, 0.1) is 0 Å². The van der Waals surface area contributed by atoms with Gasteiger partial charge in [-0.2, -0.15) is 4.98 Å². The Morgan fingerprint density at radius 1 is 1.63 bits per heavy atom. The lowest BCUT2D eigenvalue weighted by atomic mass is 10.3. The third-order valence-electron chi connectivity index (χ3n) is 2.57. The normalized spacial score (nSPS) is 12.3. The van der Waals surface area contributed by atoms with E-state index in [1.807, 2.05) is 13.8 Å². The van der Waals surface area contributed by atoms with Crippen molar-refractivity contribution in [1.82, 2.24) is 20.5 Å². The zero-order valence-electron chi connectivity index (χ0n) is 10.8. The van der Waals surface area contributed by atoms with Crippen molar-refractivity contribution >= 4 is 17.7 Å². The summed E-state index contributed by atoms with van der Waals surface area (Å²) in [6, 6.07) is 3.77. The first-order valence-corrected chi connectivity index (χ1v) is 7.06. The average molecular weight is 280 g/mol. The van der Waals surface area contributed by atoms with Crippen molar-refractivity contribution in [2.24, 2.45) is 0 Å². The lowest BCUT2D eigenvalue weighted by Crippen LogP contribution is -2.33. The van der Waals surface area contributed by atoms with Crippen molar-refractivity contribution in [3.05, 3.63) is 18.4 Å². The minimum absolute atomic E-state index is 0.0105. The molecule has 2 aromatic heterocycles. The van der Waals surface area contributed by atoms with Gasteiger partial charge in [0.05, 0.1) is 12.0 Å².